The summed E-state index contributed by atoms with van der Waals surface area (Å²) in [5.74, 6) is 2.93. The zero-order valence-corrected chi connectivity index (χ0v) is 38.0. The van der Waals surface area contributed by atoms with E-state index in [2.05, 4.69) is 20.8 Å². The van der Waals surface area contributed by atoms with Crippen LogP contribution in [0.1, 0.15) is 91.9 Å². The van der Waals surface area contributed by atoms with Crippen molar-refractivity contribution in [2.24, 2.45) is 46.3 Å². The van der Waals surface area contributed by atoms with Crippen LogP contribution >= 0.6 is 0 Å². The second-order valence-electron chi connectivity index (χ2n) is 21.4. The smallest absolute Gasteiger partial charge is 0.187 e. The van der Waals surface area contributed by atoms with Gasteiger partial charge in [-0.05, 0) is 111 Å². The summed E-state index contributed by atoms with van der Waals surface area (Å²) in [5.41, 5.74) is 1.17. The number of hydrogen-bond donors (Lipinski definition) is 12. The van der Waals surface area contributed by atoms with Gasteiger partial charge in [-0.3, -0.25) is 0 Å². The quantitative estimate of drug-likeness (QED) is 0.0939. The van der Waals surface area contributed by atoms with Crippen molar-refractivity contribution in [3.8, 4) is 0 Å². The lowest BCUT2D eigenvalue weighted by Gasteiger charge is -2.64. The zero-order valence-electron chi connectivity index (χ0n) is 38.0. The van der Waals surface area contributed by atoms with Crippen LogP contribution in [0.25, 0.3) is 0 Å². The first kappa shape index (κ1) is 50.2. The largest absolute Gasteiger partial charge is 0.494 e. The first-order valence-electron chi connectivity index (χ1n) is 24.1. The molecule has 0 bridgehead atoms. The maximum Gasteiger partial charge on any atom is 0.187 e. The van der Waals surface area contributed by atoms with Gasteiger partial charge in [-0.2, -0.15) is 0 Å². The molecule has 0 aromatic heterocycles. The van der Waals surface area contributed by atoms with Crippen molar-refractivity contribution < 1.29 is 94.4 Å². The lowest BCUT2D eigenvalue weighted by molar-refractivity contribution is -0.376. The third-order valence-electron chi connectivity index (χ3n) is 17.7. The fourth-order valence-corrected chi connectivity index (χ4v) is 14.0. The Morgan fingerprint density at radius 1 is 0.646 bits per heavy atom. The van der Waals surface area contributed by atoms with Crippen molar-refractivity contribution in [1.29, 1.82) is 0 Å². The van der Waals surface area contributed by atoms with Crippen molar-refractivity contribution in [2.45, 2.75) is 202 Å². The van der Waals surface area contributed by atoms with Crippen molar-refractivity contribution in [3.63, 3.8) is 0 Å². The number of aliphatic hydroxyl groups excluding tert-OH is 12. The third-order valence-corrected chi connectivity index (χ3v) is 17.7. The Hall–Kier alpha value is -1.18. The first-order valence-corrected chi connectivity index (χ1v) is 24.1. The molecule has 0 amide bonds. The zero-order chi connectivity index (χ0) is 46.9. The molecular weight excluding hydrogens is 856 g/mol. The van der Waals surface area contributed by atoms with Crippen LogP contribution in [-0.2, 0) is 33.2 Å². The lowest BCUT2D eigenvalue weighted by Crippen LogP contribution is -2.65. The normalized spacial score (nSPS) is 52.8. The second kappa shape index (κ2) is 19.9. The molecule has 4 aliphatic heterocycles. The van der Waals surface area contributed by atoms with Gasteiger partial charge in [-0.25, -0.2) is 0 Å². The summed E-state index contributed by atoms with van der Waals surface area (Å²) in [6.07, 6.45) is -15.3. The molecular formula is C46H76O19. The van der Waals surface area contributed by atoms with E-state index in [0.717, 1.165) is 57.1 Å². The van der Waals surface area contributed by atoms with Gasteiger partial charge in [-0.1, -0.05) is 20.8 Å². The molecule has 65 heavy (non-hydrogen) atoms. The summed E-state index contributed by atoms with van der Waals surface area (Å²) in [6, 6.07) is 0. The van der Waals surface area contributed by atoms with E-state index in [-0.39, 0.29) is 35.4 Å². The molecule has 0 aromatic carbocycles. The molecule has 4 saturated carbocycles. The Morgan fingerprint density at radius 2 is 1.23 bits per heavy atom. The highest BCUT2D eigenvalue weighted by molar-refractivity contribution is 5.25. The number of allylic oxidation sites excluding steroid dienone is 1. The van der Waals surface area contributed by atoms with E-state index >= 15 is 0 Å². The van der Waals surface area contributed by atoms with Crippen LogP contribution in [-0.4, -0.2) is 198 Å². The molecule has 4 heterocycles. The third kappa shape index (κ3) is 9.10. The predicted octanol–water partition coefficient (Wildman–Crippen LogP) is -1.47. The molecule has 7 fully saturated rings. The molecule has 3 saturated heterocycles. The van der Waals surface area contributed by atoms with Gasteiger partial charge < -0.3 is 94.4 Å². The SMILES string of the molecule is CC1=C(CC[C@H](C)CO[C@@H]2O[C@H](CO)[C@@H](O)[C@H](O)[C@H]2O)O[C@H]2CC[C@@H]3[C@@H]4CC[C@@H]5C[C@@H](O[C@@H]6O[C@H](CO)[C@H](O)[C@H](O)[C@H]6O[C@@H]6O[C@H](CO)[C@@H](O)[C@H](O)[C@H]6O)[C@@H](O)C[C@]5(C)[C@H]4CC[C@]3(C)[C@@H]12. The Bertz CT molecular complexity index is 1640. The van der Waals surface area contributed by atoms with Gasteiger partial charge in [0, 0.05) is 12.3 Å². The highest BCUT2D eigenvalue weighted by Gasteiger charge is 2.63. The monoisotopic (exact) mass is 932 g/mol. The molecule has 0 unspecified atom stereocenters. The van der Waals surface area contributed by atoms with Crippen LogP contribution in [0, 0.1) is 46.3 Å². The van der Waals surface area contributed by atoms with Crippen LogP contribution in [0.5, 0.6) is 0 Å². The van der Waals surface area contributed by atoms with Crippen LogP contribution < -0.4 is 0 Å². The van der Waals surface area contributed by atoms with Crippen molar-refractivity contribution in [3.05, 3.63) is 11.3 Å². The molecule has 0 aromatic rings. The average Bonchev–Trinajstić information content (AvgIpc) is 3.62. The minimum absolute atomic E-state index is 0.0405. The van der Waals surface area contributed by atoms with Gasteiger partial charge in [0.15, 0.2) is 18.9 Å². The van der Waals surface area contributed by atoms with Gasteiger partial charge in [0.1, 0.15) is 79.4 Å². The van der Waals surface area contributed by atoms with Gasteiger partial charge in [-0.15, -0.1) is 0 Å². The Morgan fingerprint density at radius 3 is 1.88 bits per heavy atom. The van der Waals surface area contributed by atoms with E-state index in [1.54, 1.807) is 0 Å². The topological polar surface area (TPSA) is 307 Å². The first-order chi connectivity index (χ1) is 30.9. The number of ether oxygens (including phenoxy) is 7. The van der Waals surface area contributed by atoms with Crippen LogP contribution in [0.15, 0.2) is 11.3 Å². The summed E-state index contributed by atoms with van der Waals surface area (Å²) in [6.45, 7) is 7.42. The summed E-state index contributed by atoms with van der Waals surface area (Å²) in [7, 11) is 0. The summed E-state index contributed by atoms with van der Waals surface area (Å²) < 4.78 is 41.9. The molecule has 0 spiro atoms. The highest BCUT2D eigenvalue weighted by atomic mass is 16.8. The molecule has 12 N–H and O–H groups in total. The minimum atomic E-state index is -1.79. The molecule has 19 nitrogen and oxygen atoms in total. The fourth-order valence-electron chi connectivity index (χ4n) is 14.0. The Balaban J connectivity index is 0.899. The highest BCUT2D eigenvalue weighted by Crippen LogP contribution is 2.68. The number of rotatable bonds is 13. The van der Waals surface area contributed by atoms with E-state index in [4.69, 9.17) is 33.2 Å². The molecule has 4 aliphatic carbocycles. The molecule has 8 aliphatic rings. The molecule has 26 atom stereocenters. The van der Waals surface area contributed by atoms with E-state index in [0.29, 0.717) is 36.5 Å². The average molecular weight is 933 g/mol. The maximum atomic E-state index is 11.9. The van der Waals surface area contributed by atoms with E-state index in [1.165, 1.54) is 5.57 Å². The van der Waals surface area contributed by atoms with Crippen LogP contribution in [0.3, 0.4) is 0 Å². The van der Waals surface area contributed by atoms with Crippen molar-refractivity contribution in [2.75, 3.05) is 26.4 Å². The van der Waals surface area contributed by atoms with E-state index < -0.39 is 124 Å². The molecule has 374 valence electrons. The van der Waals surface area contributed by atoms with Gasteiger partial charge >= 0.3 is 0 Å². The summed E-state index contributed by atoms with van der Waals surface area (Å²) >= 11 is 0. The van der Waals surface area contributed by atoms with Gasteiger partial charge in [0.05, 0.1) is 44.4 Å². The standard InChI is InChI=1S/C46H76O19/c1-19(18-59-42-39(57)36(54)33(51)29(15-47)62-42)5-9-26-20(2)32-27(60-26)10-8-23-22-7-6-21-13-28(25(50)14-46(21,4)24(22)11-12-45(23,32)3)61-44-41(38(56)35(53)31(17-49)64-44)65-43-40(58)37(55)34(52)30(16-48)63-43/h19,21-25,27-44,47-58H,5-18H2,1-4H3/t19-,21+,22-,23+,24-,25-,27-,28+,29+,30+,31+,32-,33+,34+,35-,36-,37-,38-,39+,40+,41+,42+,43-,44+,45-,46-/m0/s1. The molecule has 8 rings (SSSR count). The number of hydrogen-bond acceptors (Lipinski definition) is 19. The van der Waals surface area contributed by atoms with Gasteiger partial charge in [0.2, 0.25) is 0 Å². The Labute approximate surface area is 380 Å². The molecule has 0 radical (unpaired) electrons. The maximum absolute atomic E-state index is 11.9. The van der Waals surface area contributed by atoms with Crippen LogP contribution in [0.4, 0.5) is 0 Å². The fraction of sp³-hybridized carbons (Fsp3) is 0.957. The van der Waals surface area contributed by atoms with Crippen molar-refractivity contribution >= 4 is 0 Å². The lowest BCUT2D eigenvalue weighted by atomic mass is 9.41. The van der Waals surface area contributed by atoms with Crippen LogP contribution in [0.2, 0.25) is 0 Å². The molecule has 19 heteroatoms. The summed E-state index contributed by atoms with van der Waals surface area (Å²) in [4.78, 5) is 0. The predicted molar refractivity (Wildman–Crippen MR) is 224 cm³/mol. The number of aliphatic hydroxyl groups is 12. The Kier molecular flexibility index (Phi) is 15.4. The second-order valence-corrected chi connectivity index (χ2v) is 21.4. The summed E-state index contributed by atoms with van der Waals surface area (Å²) in [5, 5.41) is 125. The van der Waals surface area contributed by atoms with Gasteiger partial charge in [0.25, 0.3) is 0 Å². The minimum Gasteiger partial charge on any atom is -0.494 e. The van der Waals surface area contributed by atoms with E-state index in [1.807, 2.05) is 6.92 Å². The van der Waals surface area contributed by atoms with E-state index in [9.17, 15) is 61.3 Å². The van der Waals surface area contributed by atoms with Crippen molar-refractivity contribution in [1.82, 2.24) is 0 Å². The number of fused-ring (bicyclic) bond motifs is 7.